The van der Waals surface area contributed by atoms with Gasteiger partial charge in [0, 0.05) is 12.5 Å². The van der Waals surface area contributed by atoms with E-state index in [-0.39, 0.29) is 18.4 Å². The average Bonchev–Trinajstić information content (AvgIpc) is 2.17. The molecule has 0 saturated carbocycles. The van der Waals surface area contributed by atoms with Gasteiger partial charge in [0.1, 0.15) is 6.04 Å². The maximum absolute atomic E-state index is 11.3. The number of hydrogen-bond acceptors (Lipinski definition) is 4. The smallest absolute Gasteiger partial charge is 0.328 e. The normalized spacial score (nSPS) is 14.1. The van der Waals surface area contributed by atoms with Crippen molar-refractivity contribution in [1.82, 2.24) is 5.32 Å². The lowest BCUT2D eigenvalue weighted by atomic mass is 10.1. The van der Waals surface area contributed by atoms with Crippen LogP contribution in [0.1, 0.15) is 33.6 Å². The maximum Gasteiger partial charge on any atom is 0.328 e. The molecule has 1 amide bonds. The highest BCUT2D eigenvalue weighted by Gasteiger charge is 2.17. The number of ether oxygens (including phenoxy) is 1. The minimum atomic E-state index is -0.610. The Kier molecular flexibility index (Phi) is 6.70. The van der Waals surface area contributed by atoms with Gasteiger partial charge in [0.05, 0.1) is 6.61 Å². The molecule has 0 aliphatic heterocycles. The third-order valence-electron chi connectivity index (χ3n) is 1.99. The molecule has 0 aromatic rings. The van der Waals surface area contributed by atoms with Crippen molar-refractivity contribution >= 4 is 11.9 Å². The van der Waals surface area contributed by atoms with Crippen LogP contribution < -0.4 is 11.1 Å². The molecule has 5 nitrogen and oxygen atoms in total. The number of carbonyl (C=O) groups is 2. The van der Waals surface area contributed by atoms with Crippen LogP contribution in [0.4, 0.5) is 0 Å². The lowest BCUT2D eigenvalue weighted by Gasteiger charge is -2.14. The van der Waals surface area contributed by atoms with Crippen LogP contribution in [0.15, 0.2) is 0 Å². The Hall–Kier alpha value is -1.10. The molecule has 88 valence electrons. The first kappa shape index (κ1) is 13.9. The molecule has 0 aromatic carbocycles. The number of hydrogen-bond donors (Lipinski definition) is 2. The van der Waals surface area contributed by atoms with Crippen LogP contribution in [-0.4, -0.2) is 30.6 Å². The van der Waals surface area contributed by atoms with Crippen molar-refractivity contribution in [1.29, 1.82) is 0 Å². The summed E-state index contributed by atoms with van der Waals surface area (Å²) in [5.74, 6) is -0.638. The SMILES string of the molecule is CCOC(=O)C(C)NC(=O)CC(N)CC. The number of nitrogens with two attached hydrogens (primary N) is 1. The van der Waals surface area contributed by atoms with Gasteiger partial charge in [-0.25, -0.2) is 4.79 Å². The van der Waals surface area contributed by atoms with Crippen molar-refractivity contribution < 1.29 is 14.3 Å². The van der Waals surface area contributed by atoms with Gasteiger partial charge in [0.2, 0.25) is 5.91 Å². The topological polar surface area (TPSA) is 81.4 Å². The zero-order valence-corrected chi connectivity index (χ0v) is 9.58. The van der Waals surface area contributed by atoms with Crippen LogP contribution in [0, 0.1) is 0 Å². The lowest BCUT2D eigenvalue weighted by Crippen LogP contribution is -2.41. The zero-order valence-electron chi connectivity index (χ0n) is 9.58. The second kappa shape index (κ2) is 7.23. The van der Waals surface area contributed by atoms with E-state index in [4.69, 9.17) is 10.5 Å². The van der Waals surface area contributed by atoms with Gasteiger partial charge in [-0.1, -0.05) is 6.92 Å². The van der Waals surface area contributed by atoms with E-state index in [0.717, 1.165) is 6.42 Å². The summed E-state index contributed by atoms with van der Waals surface area (Å²) in [6, 6.07) is -0.763. The lowest BCUT2D eigenvalue weighted by molar-refractivity contribution is -0.146. The van der Waals surface area contributed by atoms with E-state index < -0.39 is 12.0 Å². The molecule has 0 spiro atoms. The van der Waals surface area contributed by atoms with E-state index in [2.05, 4.69) is 5.32 Å². The number of rotatable bonds is 6. The minimum Gasteiger partial charge on any atom is -0.464 e. The predicted octanol–water partition coefficient (Wildman–Crippen LogP) is 0.182. The summed E-state index contributed by atoms with van der Waals surface area (Å²) >= 11 is 0. The summed E-state index contributed by atoms with van der Waals surface area (Å²) in [7, 11) is 0. The standard InChI is InChI=1S/C10H20N2O3/c1-4-8(11)6-9(13)12-7(3)10(14)15-5-2/h7-8H,4-6,11H2,1-3H3,(H,12,13). The van der Waals surface area contributed by atoms with E-state index in [1.165, 1.54) is 0 Å². The van der Waals surface area contributed by atoms with E-state index >= 15 is 0 Å². The molecule has 0 heterocycles. The molecule has 0 aliphatic carbocycles. The highest BCUT2D eigenvalue weighted by Crippen LogP contribution is 1.95. The van der Waals surface area contributed by atoms with E-state index in [1.807, 2.05) is 6.92 Å². The van der Waals surface area contributed by atoms with Crippen LogP contribution in [0.5, 0.6) is 0 Å². The summed E-state index contributed by atoms with van der Waals surface area (Å²) in [5.41, 5.74) is 5.61. The molecule has 0 rings (SSSR count). The van der Waals surface area contributed by atoms with Crippen LogP contribution >= 0.6 is 0 Å². The van der Waals surface area contributed by atoms with E-state index in [9.17, 15) is 9.59 Å². The third-order valence-corrected chi connectivity index (χ3v) is 1.99. The largest absolute Gasteiger partial charge is 0.464 e. The Morgan fingerprint density at radius 3 is 2.47 bits per heavy atom. The van der Waals surface area contributed by atoms with E-state index in [0.29, 0.717) is 6.61 Å². The second-order valence-corrected chi connectivity index (χ2v) is 3.41. The summed E-state index contributed by atoms with van der Waals surface area (Å²) in [5, 5.41) is 2.54. The van der Waals surface area contributed by atoms with Gasteiger partial charge >= 0.3 is 5.97 Å². The number of esters is 1. The van der Waals surface area contributed by atoms with Crippen LogP contribution in [0.25, 0.3) is 0 Å². The van der Waals surface area contributed by atoms with Gasteiger partial charge < -0.3 is 15.8 Å². The fourth-order valence-corrected chi connectivity index (χ4v) is 1.01. The zero-order chi connectivity index (χ0) is 11.8. The van der Waals surface area contributed by atoms with Gasteiger partial charge in [-0.3, -0.25) is 4.79 Å². The fourth-order valence-electron chi connectivity index (χ4n) is 1.01. The van der Waals surface area contributed by atoms with Crippen LogP contribution in [-0.2, 0) is 14.3 Å². The molecule has 2 atom stereocenters. The van der Waals surface area contributed by atoms with Crippen molar-refractivity contribution in [2.45, 2.75) is 45.7 Å². The Balaban J connectivity index is 3.90. The average molecular weight is 216 g/mol. The van der Waals surface area contributed by atoms with Crippen molar-refractivity contribution in [2.24, 2.45) is 5.73 Å². The molecule has 0 aliphatic rings. The summed E-state index contributed by atoms with van der Waals surface area (Å²) in [4.78, 5) is 22.5. The molecule has 0 bridgehead atoms. The molecular weight excluding hydrogens is 196 g/mol. The van der Waals surface area contributed by atoms with Gasteiger partial charge in [0.25, 0.3) is 0 Å². The molecule has 3 N–H and O–H groups in total. The van der Waals surface area contributed by atoms with Crippen molar-refractivity contribution in [2.75, 3.05) is 6.61 Å². The number of nitrogens with one attached hydrogen (secondary N) is 1. The third kappa shape index (κ3) is 6.06. The van der Waals surface area contributed by atoms with Crippen LogP contribution in [0.2, 0.25) is 0 Å². The molecule has 15 heavy (non-hydrogen) atoms. The Bertz CT molecular complexity index is 219. The highest BCUT2D eigenvalue weighted by molar-refractivity contribution is 5.84. The molecule has 0 radical (unpaired) electrons. The van der Waals surface area contributed by atoms with Gasteiger partial charge in [-0.15, -0.1) is 0 Å². The fraction of sp³-hybridized carbons (Fsp3) is 0.800. The second-order valence-electron chi connectivity index (χ2n) is 3.41. The van der Waals surface area contributed by atoms with Gasteiger partial charge in [-0.2, -0.15) is 0 Å². The quantitative estimate of drug-likeness (QED) is 0.621. The first-order valence-corrected chi connectivity index (χ1v) is 5.22. The molecule has 2 unspecified atom stereocenters. The number of carbonyl (C=O) groups excluding carboxylic acids is 2. The molecule has 0 aromatic heterocycles. The minimum absolute atomic E-state index is 0.153. The number of amides is 1. The summed E-state index contributed by atoms with van der Waals surface area (Å²) in [6.45, 7) is 5.53. The molecule has 0 saturated heterocycles. The summed E-state index contributed by atoms with van der Waals surface area (Å²) in [6.07, 6.45) is 0.974. The predicted molar refractivity (Wildman–Crippen MR) is 57.1 cm³/mol. The van der Waals surface area contributed by atoms with Crippen molar-refractivity contribution in [3.8, 4) is 0 Å². The van der Waals surface area contributed by atoms with Crippen molar-refractivity contribution in [3.05, 3.63) is 0 Å². The summed E-state index contributed by atoms with van der Waals surface area (Å²) < 4.78 is 4.75. The monoisotopic (exact) mass is 216 g/mol. The Labute approximate surface area is 90.4 Å². The Morgan fingerprint density at radius 1 is 1.40 bits per heavy atom. The van der Waals surface area contributed by atoms with Crippen molar-refractivity contribution in [3.63, 3.8) is 0 Å². The first-order chi connectivity index (χ1) is 7.01. The van der Waals surface area contributed by atoms with Gasteiger partial charge in [0.15, 0.2) is 0 Å². The first-order valence-electron chi connectivity index (χ1n) is 5.22. The molecule has 0 fully saturated rings. The molecular formula is C10H20N2O3. The molecule has 5 heteroatoms. The van der Waals surface area contributed by atoms with Gasteiger partial charge in [-0.05, 0) is 20.3 Å². The maximum atomic E-state index is 11.3. The van der Waals surface area contributed by atoms with Crippen LogP contribution in [0.3, 0.4) is 0 Å². The Morgan fingerprint density at radius 2 is 2.00 bits per heavy atom. The van der Waals surface area contributed by atoms with E-state index in [1.54, 1.807) is 13.8 Å². The highest BCUT2D eigenvalue weighted by atomic mass is 16.5.